The zero-order valence-corrected chi connectivity index (χ0v) is 11.9. The second-order valence-corrected chi connectivity index (χ2v) is 6.19. The summed E-state index contributed by atoms with van der Waals surface area (Å²) in [5.41, 5.74) is 0.654. The maximum Gasteiger partial charge on any atom is 0.337 e. The summed E-state index contributed by atoms with van der Waals surface area (Å²) in [7, 11) is -1.15. The molecular formula is C12H14N2O5S. The number of hydrogen-bond acceptors (Lipinski definition) is 5. The smallest absolute Gasteiger partial charge is 0.272 e. The van der Waals surface area contributed by atoms with Crippen LogP contribution in [-0.4, -0.2) is 56.7 Å². The molecule has 0 unspecified atom stereocenters. The van der Waals surface area contributed by atoms with Crippen molar-refractivity contribution in [3.05, 3.63) is 35.4 Å². The van der Waals surface area contributed by atoms with Crippen LogP contribution in [0.5, 0.6) is 0 Å². The second kappa shape index (κ2) is 5.31. The van der Waals surface area contributed by atoms with E-state index in [-0.39, 0.29) is 13.2 Å². The Kier molecular flexibility index (Phi) is 3.89. The van der Waals surface area contributed by atoms with Gasteiger partial charge >= 0.3 is 10.3 Å². The first-order valence-electron chi connectivity index (χ1n) is 5.86. The molecule has 0 aromatic heterocycles. The van der Waals surface area contributed by atoms with Gasteiger partial charge in [0.2, 0.25) is 0 Å². The lowest BCUT2D eigenvalue weighted by Crippen LogP contribution is -2.35. The molecule has 1 heterocycles. The molecule has 0 spiro atoms. The lowest BCUT2D eigenvalue weighted by Gasteiger charge is -2.15. The molecule has 0 saturated carbocycles. The number of fused-ring (bicyclic) bond motifs is 1. The van der Waals surface area contributed by atoms with E-state index in [4.69, 9.17) is 4.18 Å². The summed E-state index contributed by atoms with van der Waals surface area (Å²) < 4.78 is 28.4. The second-order valence-electron chi connectivity index (χ2n) is 4.37. The van der Waals surface area contributed by atoms with Gasteiger partial charge in [-0.25, -0.2) is 0 Å². The van der Waals surface area contributed by atoms with Crippen LogP contribution in [0.25, 0.3) is 0 Å². The predicted molar refractivity (Wildman–Crippen MR) is 70.4 cm³/mol. The molecule has 2 amide bonds. The van der Waals surface area contributed by atoms with E-state index in [0.29, 0.717) is 11.1 Å². The summed E-state index contributed by atoms with van der Waals surface area (Å²) in [5.74, 6) is -0.868. The Morgan fingerprint density at radius 2 is 1.60 bits per heavy atom. The third-order valence-corrected chi connectivity index (χ3v) is 4.23. The maximum absolute atomic E-state index is 12.0. The number of carbonyl (C=O) groups excluding carboxylic acids is 2. The van der Waals surface area contributed by atoms with E-state index in [2.05, 4.69) is 0 Å². The first kappa shape index (κ1) is 14.6. The van der Waals surface area contributed by atoms with Crippen molar-refractivity contribution < 1.29 is 22.2 Å². The van der Waals surface area contributed by atoms with Crippen LogP contribution in [0.3, 0.4) is 0 Å². The summed E-state index contributed by atoms with van der Waals surface area (Å²) in [6, 6.07) is 6.46. The lowest BCUT2D eigenvalue weighted by molar-refractivity contribution is 0.0630. The minimum absolute atomic E-state index is 0.112. The predicted octanol–water partition coefficient (Wildman–Crippen LogP) is 0.106. The Hall–Kier alpha value is -1.77. The van der Waals surface area contributed by atoms with Gasteiger partial charge in [0.05, 0.1) is 24.3 Å². The van der Waals surface area contributed by atoms with Crippen LogP contribution >= 0.6 is 0 Å². The van der Waals surface area contributed by atoms with E-state index in [1.807, 2.05) is 0 Å². The Labute approximate surface area is 117 Å². The molecule has 0 radical (unpaired) electrons. The molecule has 1 aromatic carbocycles. The molecule has 2 rings (SSSR count). The summed E-state index contributed by atoms with van der Waals surface area (Å²) in [6.45, 7) is -0.384. The number of imide groups is 1. The Bertz CT molecular complexity index is 619. The standard InChI is InChI=1S/C12H14N2O5S/c1-13(2)20(17,18)19-8-7-14-11(15)9-5-3-4-6-10(9)12(14)16/h3-6H,7-8H2,1-2H3. The largest absolute Gasteiger partial charge is 0.337 e. The average Bonchev–Trinajstić information content (AvgIpc) is 2.64. The van der Waals surface area contributed by atoms with Crippen LogP contribution in [0, 0.1) is 0 Å². The van der Waals surface area contributed by atoms with Crippen molar-refractivity contribution in [2.24, 2.45) is 0 Å². The third-order valence-electron chi connectivity index (χ3n) is 2.87. The monoisotopic (exact) mass is 298 g/mol. The molecule has 0 atom stereocenters. The van der Waals surface area contributed by atoms with E-state index in [1.54, 1.807) is 24.3 Å². The molecule has 1 aliphatic rings. The maximum atomic E-state index is 12.0. The summed E-state index contributed by atoms with van der Waals surface area (Å²) in [5, 5.41) is 0. The van der Waals surface area contributed by atoms with Gasteiger partial charge in [-0.15, -0.1) is 0 Å². The lowest BCUT2D eigenvalue weighted by atomic mass is 10.1. The van der Waals surface area contributed by atoms with Gasteiger partial charge in [0.1, 0.15) is 0 Å². The molecular weight excluding hydrogens is 284 g/mol. The highest BCUT2D eigenvalue weighted by molar-refractivity contribution is 7.84. The molecule has 0 N–H and O–H groups in total. The highest BCUT2D eigenvalue weighted by Crippen LogP contribution is 2.21. The van der Waals surface area contributed by atoms with Gasteiger partial charge in [0.15, 0.2) is 0 Å². The van der Waals surface area contributed by atoms with Crippen LogP contribution in [0.2, 0.25) is 0 Å². The van der Waals surface area contributed by atoms with Crippen LogP contribution in [-0.2, 0) is 14.5 Å². The van der Waals surface area contributed by atoms with Crippen LogP contribution in [0.15, 0.2) is 24.3 Å². The van der Waals surface area contributed by atoms with Crippen molar-refractivity contribution in [3.8, 4) is 0 Å². The number of benzene rings is 1. The molecule has 108 valence electrons. The van der Waals surface area contributed by atoms with Gasteiger partial charge in [0.25, 0.3) is 11.8 Å². The zero-order chi connectivity index (χ0) is 14.9. The van der Waals surface area contributed by atoms with Gasteiger partial charge in [-0.3, -0.25) is 18.7 Å². The van der Waals surface area contributed by atoms with Crippen molar-refractivity contribution in [3.63, 3.8) is 0 Å². The minimum atomic E-state index is -3.81. The minimum Gasteiger partial charge on any atom is -0.272 e. The van der Waals surface area contributed by atoms with Crippen molar-refractivity contribution in [1.29, 1.82) is 0 Å². The molecule has 20 heavy (non-hydrogen) atoms. The molecule has 7 nitrogen and oxygen atoms in total. The van der Waals surface area contributed by atoms with Gasteiger partial charge in [0, 0.05) is 14.1 Å². The Morgan fingerprint density at radius 3 is 2.05 bits per heavy atom. The zero-order valence-electron chi connectivity index (χ0n) is 11.1. The molecule has 0 fully saturated rings. The quantitative estimate of drug-likeness (QED) is 0.720. The van der Waals surface area contributed by atoms with Crippen LogP contribution in [0.4, 0.5) is 0 Å². The Balaban J connectivity index is 2.03. The van der Waals surface area contributed by atoms with Crippen molar-refractivity contribution in [1.82, 2.24) is 9.21 Å². The van der Waals surface area contributed by atoms with E-state index >= 15 is 0 Å². The van der Waals surface area contributed by atoms with Crippen molar-refractivity contribution in [2.75, 3.05) is 27.2 Å². The fourth-order valence-corrected chi connectivity index (χ4v) is 2.28. The Morgan fingerprint density at radius 1 is 1.10 bits per heavy atom. The molecule has 1 aromatic rings. The van der Waals surface area contributed by atoms with Crippen molar-refractivity contribution in [2.45, 2.75) is 0 Å². The number of amides is 2. The highest BCUT2D eigenvalue weighted by atomic mass is 32.2. The number of nitrogens with zero attached hydrogens (tertiary/aromatic N) is 2. The van der Waals surface area contributed by atoms with E-state index in [1.165, 1.54) is 14.1 Å². The fourth-order valence-electron chi connectivity index (χ4n) is 1.78. The topological polar surface area (TPSA) is 84.0 Å². The summed E-state index contributed by atoms with van der Waals surface area (Å²) >= 11 is 0. The van der Waals surface area contributed by atoms with Gasteiger partial charge in [-0.2, -0.15) is 12.7 Å². The third kappa shape index (κ3) is 2.58. The number of rotatable bonds is 5. The average molecular weight is 298 g/mol. The van der Waals surface area contributed by atoms with E-state index in [0.717, 1.165) is 9.21 Å². The van der Waals surface area contributed by atoms with E-state index in [9.17, 15) is 18.0 Å². The molecule has 0 saturated heterocycles. The first-order chi connectivity index (χ1) is 9.34. The van der Waals surface area contributed by atoms with E-state index < -0.39 is 22.1 Å². The first-order valence-corrected chi connectivity index (χ1v) is 7.23. The van der Waals surface area contributed by atoms with Gasteiger partial charge < -0.3 is 0 Å². The SMILES string of the molecule is CN(C)S(=O)(=O)OCCN1C(=O)c2ccccc2C1=O. The van der Waals surface area contributed by atoms with Gasteiger partial charge in [-0.05, 0) is 12.1 Å². The molecule has 0 bridgehead atoms. The fraction of sp³-hybridized carbons (Fsp3) is 0.333. The van der Waals surface area contributed by atoms with Crippen LogP contribution < -0.4 is 0 Å². The normalized spacial score (nSPS) is 15.1. The number of hydrogen-bond donors (Lipinski definition) is 0. The molecule has 1 aliphatic heterocycles. The molecule has 0 aliphatic carbocycles. The molecule has 8 heteroatoms. The number of carbonyl (C=O) groups is 2. The summed E-state index contributed by atoms with van der Waals surface area (Å²) in [4.78, 5) is 25.0. The van der Waals surface area contributed by atoms with Crippen LogP contribution in [0.1, 0.15) is 20.7 Å². The van der Waals surface area contributed by atoms with Gasteiger partial charge in [-0.1, -0.05) is 12.1 Å². The van der Waals surface area contributed by atoms with Crippen molar-refractivity contribution >= 4 is 22.1 Å². The summed E-state index contributed by atoms with van der Waals surface area (Å²) in [6.07, 6.45) is 0. The highest BCUT2D eigenvalue weighted by Gasteiger charge is 2.34.